The van der Waals surface area contributed by atoms with Crippen LogP contribution < -0.4 is 5.32 Å². The molecule has 0 heterocycles. The molecule has 0 fully saturated rings. The predicted molar refractivity (Wildman–Crippen MR) is 130 cm³/mol. The molecule has 0 spiro atoms. The van der Waals surface area contributed by atoms with Crippen LogP contribution in [0.1, 0.15) is 123 Å². The first-order valence-corrected chi connectivity index (χ1v) is 11.6. The van der Waals surface area contributed by atoms with Crippen molar-refractivity contribution in [3.8, 4) is 0 Å². The summed E-state index contributed by atoms with van der Waals surface area (Å²) in [4.78, 5) is 0. The summed E-state index contributed by atoms with van der Waals surface area (Å²) in [5, 5.41) is 3.74. The zero-order chi connectivity index (χ0) is 22.6. The third kappa shape index (κ3) is 11.5. The van der Waals surface area contributed by atoms with Gasteiger partial charge in [0, 0.05) is 6.54 Å². The van der Waals surface area contributed by atoms with Gasteiger partial charge in [-0.2, -0.15) is 0 Å². The van der Waals surface area contributed by atoms with Crippen molar-refractivity contribution in [3.63, 3.8) is 0 Å². The average Bonchev–Trinajstić information content (AvgIpc) is 2.35. The largest absolute Gasteiger partial charge is 0.390 e. The molecule has 0 aromatic rings. The van der Waals surface area contributed by atoms with E-state index in [1.54, 1.807) is 5.57 Å². The Hall–Kier alpha value is -0.460. The summed E-state index contributed by atoms with van der Waals surface area (Å²) >= 11 is 0. The molecule has 0 aliphatic rings. The number of nitrogens with one attached hydrogen (secondary N) is 1. The van der Waals surface area contributed by atoms with Crippen LogP contribution in [0.15, 0.2) is 11.8 Å². The highest BCUT2D eigenvalue weighted by Crippen LogP contribution is 2.46. The van der Waals surface area contributed by atoms with Crippen molar-refractivity contribution in [1.29, 1.82) is 0 Å². The lowest BCUT2D eigenvalue weighted by Gasteiger charge is -2.41. The summed E-state index contributed by atoms with van der Waals surface area (Å²) in [5.41, 5.74) is 3.15. The zero-order valence-electron chi connectivity index (χ0n) is 22.2. The molecule has 1 nitrogen and oxygen atoms in total. The van der Waals surface area contributed by atoms with Gasteiger partial charge in [0.05, 0.1) is 0 Å². The third-order valence-electron chi connectivity index (χ3n) is 5.70. The SMILES string of the molecule is CCC(C)/C(=C\NCC(C)(C)CC(C)(C)C)C(C)(C)CC(C)(C)CC(C)(C)C. The van der Waals surface area contributed by atoms with Crippen LogP contribution in [-0.2, 0) is 0 Å². The molecule has 0 aromatic heterocycles. The van der Waals surface area contributed by atoms with Crippen LogP contribution in [0.4, 0.5) is 0 Å². The molecule has 0 aliphatic heterocycles. The Balaban J connectivity index is 5.41. The van der Waals surface area contributed by atoms with Gasteiger partial charge in [0.25, 0.3) is 0 Å². The first kappa shape index (κ1) is 27.5. The van der Waals surface area contributed by atoms with E-state index in [-0.39, 0.29) is 5.41 Å². The molecule has 1 N–H and O–H groups in total. The smallest absolute Gasteiger partial charge is 0.0192 e. The lowest BCUT2D eigenvalue weighted by molar-refractivity contribution is 0.144. The van der Waals surface area contributed by atoms with E-state index in [2.05, 4.69) is 108 Å². The molecule has 1 heteroatoms. The Labute approximate surface area is 179 Å². The van der Waals surface area contributed by atoms with Gasteiger partial charge in [0.2, 0.25) is 0 Å². The zero-order valence-corrected chi connectivity index (χ0v) is 22.2. The summed E-state index contributed by atoms with van der Waals surface area (Å²) < 4.78 is 0. The molecule has 1 unspecified atom stereocenters. The third-order valence-corrected chi connectivity index (χ3v) is 5.70. The molecule has 0 rings (SSSR count). The minimum atomic E-state index is 0.200. The first-order chi connectivity index (χ1) is 12.2. The molecule has 0 bridgehead atoms. The topological polar surface area (TPSA) is 12.0 Å². The minimum absolute atomic E-state index is 0.200. The van der Waals surface area contributed by atoms with Gasteiger partial charge >= 0.3 is 0 Å². The van der Waals surface area contributed by atoms with Gasteiger partial charge in [0.1, 0.15) is 0 Å². The van der Waals surface area contributed by atoms with Gasteiger partial charge in [-0.15, -0.1) is 0 Å². The van der Waals surface area contributed by atoms with Gasteiger partial charge in [0.15, 0.2) is 0 Å². The van der Waals surface area contributed by atoms with Crippen LogP contribution in [-0.4, -0.2) is 6.54 Å². The molecule has 0 aliphatic carbocycles. The van der Waals surface area contributed by atoms with Crippen molar-refractivity contribution in [2.24, 2.45) is 33.0 Å². The number of rotatable bonds is 10. The number of hydrogen-bond acceptors (Lipinski definition) is 1. The molecule has 28 heavy (non-hydrogen) atoms. The molecule has 0 saturated carbocycles. The van der Waals surface area contributed by atoms with Crippen molar-refractivity contribution in [3.05, 3.63) is 11.8 Å². The lowest BCUT2D eigenvalue weighted by Crippen LogP contribution is -2.33. The van der Waals surface area contributed by atoms with Gasteiger partial charge in [-0.05, 0) is 70.4 Å². The van der Waals surface area contributed by atoms with Gasteiger partial charge in [-0.1, -0.05) is 96.9 Å². The highest BCUT2D eigenvalue weighted by atomic mass is 14.8. The highest BCUT2D eigenvalue weighted by molar-refractivity contribution is 5.15. The van der Waals surface area contributed by atoms with Gasteiger partial charge < -0.3 is 5.32 Å². The van der Waals surface area contributed by atoms with Crippen molar-refractivity contribution in [2.45, 2.75) is 123 Å². The molecule has 0 saturated heterocycles. The summed E-state index contributed by atoms with van der Waals surface area (Å²) in [5.74, 6) is 0.610. The van der Waals surface area contributed by atoms with Crippen LogP contribution >= 0.6 is 0 Å². The predicted octanol–water partition coefficient (Wildman–Crippen LogP) is 8.85. The Morgan fingerprint density at radius 2 is 1.14 bits per heavy atom. The van der Waals surface area contributed by atoms with Crippen LogP contribution in [0.2, 0.25) is 0 Å². The molecule has 1 atom stereocenters. The summed E-state index contributed by atoms with van der Waals surface area (Å²) in [6.45, 7) is 34.5. The van der Waals surface area contributed by atoms with E-state index < -0.39 is 0 Å². The van der Waals surface area contributed by atoms with Crippen molar-refractivity contribution in [1.82, 2.24) is 5.32 Å². The molecule has 168 valence electrons. The Morgan fingerprint density at radius 1 is 0.714 bits per heavy atom. The van der Waals surface area contributed by atoms with Crippen molar-refractivity contribution >= 4 is 0 Å². The van der Waals surface area contributed by atoms with E-state index >= 15 is 0 Å². The van der Waals surface area contributed by atoms with Crippen LogP contribution in [0.3, 0.4) is 0 Å². The van der Waals surface area contributed by atoms with Crippen LogP contribution in [0.25, 0.3) is 0 Å². The number of hydrogen-bond donors (Lipinski definition) is 1. The molecule has 0 radical (unpaired) electrons. The summed E-state index contributed by atoms with van der Waals surface area (Å²) in [7, 11) is 0. The first-order valence-electron chi connectivity index (χ1n) is 11.6. The van der Waals surface area contributed by atoms with E-state index in [9.17, 15) is 0 Å². The van der Waals surface area contributed by atoms with Gasteiger partial charge in [-0.3, -0.25) is 0 Å². The molecular formula is C27H55N. The van der Waals surface area contributed by atoms with E-state index in [0.717, 1.165) is 6.54 Å². The molecule has 0 amide bonds. The highest BCUT2D eigenvalue weighted by Gasteiger charge is 2.35. The maximum absolute atomic E-state index is 3.74. The Morgan fingerprint density at radius 3 is 1.54 bits per heavy atom. The minimum Gasteiger partial charge on any atom is -0.390 e. The van der Waals surface area contributed by atoms with E-state index in [0.29, 0.717) is 27.6 Å². The lowest BCUT2D eigenvalue weighted by atomic mass is 9.64. The monoisotopic (exact) mass is 393 g/mol. The molecule has 0 aromatic carbocycles. The normalized spacial score (nSPS) is 16.3. The fourth-order valence-corrected chi connectivity index (χ4v) is 5.96. The standard InChI is InChI=1S/C27H55N/c1-15-21(2)22(16-28-20-26(11,12)18-24(6,7)8)27(13,14)19-25(9,10)17-23(3,4)5/h16,21,28H,15,17-20H2,1-14H3/b22-16+. The second-order valence-corrected chi connectivity index (χ2v) is 14.2. The van der Waals surface area contributed by atoms with Crippen molar-refractivity contribution < 1.29 is 0 Å². The van der Waals surface area contributed by atoms with Crippen LogP contribution in [0, 0.1) is 33.0 Å². The fraction of sp³-hybridized carbons (Fsp3) is 0.926. The Kier molecular flexibility index (Phi) is 9.41. The fourth-order valence-electron chi connectivity index (χ4n) is 5.96. The van der Waals surface area contributed by atoms with E-state index in [1.807, 2.05) is 0 Å². The molecular weight excluding hydrogens is 338 g/mol. The maximum atomic E-state index is 3.74. The second-order valence-electron chi connectivity index (χ2n) is 14.2. The van der Waals surface area contributed by atoms with E-state index in [1.165, 1.54) is 25.7 Å². The Bertz CT molecular complexity index is 491. The summed E-state index contributed by atoms with van der Waals surface area (Å²) in [6, 6.07) is 0. The van der Waals surface area contributed by atoms with Crippen LogP contribution in [0.5, 0.6) is 0 Å². The quantitative estimate of drug-likeness (QED) is 0.391. The maximum Gasteiger partial charge on any atom is 0.0192 e. The van der Waals surface area contributed by atoms with Gasteiger partial charge in [-0.25, -0.2) is 0 Å². The van der Waals surface area contributed by atoms with Crippen molar-refractivity contribution in [2.75, 3.05) is 6.54 Å². The summed E-state index contributed by atoms with van der Waals surface area (Å²) in [6.07, 6.45) is 7.28. The average molecular weight is 394 g/mol. The second kappa shape index (κ2) is 9.57. The number of allylic oxidation sites excluding steroid dienone is 1. The van der Waals surface area contributed by atoms with E-state index in [4.69, 9.17) is 0 Å².